The summed E-state index contributed by atoms with van der Waals surface area (Å²) in [5.41, 5.74) is 4.79. The summed E-state index contributed by atoms with van der Waals surface area (Å²) in [6, 6.07) is 0. The van der Waals surface area contributed by atoms with Gasteiger partial charge in [-0.1, -0.05) is 6.92 Å². The molecule has 2 atom stereocenters. The first-order chi connectivity index (χ1) is 7.57. The lowest BCUT2D eigenvalue weighted by atomic mass is 10.0. The lowest BCUT2D eigenvalue weighted by Crippen LogP contribution is -2.43. The van der Waals surface area contributed by atoms with Crippen molar-refractivity contribution in [2.24, 2.45) is 5.73 Å². The standard InChI is InChI=1S/C12H26N2O2/c1-3-11-9-14(7-8-16-11)6-4-5-12(2,15)10-13/h11,15H,3-10,13H2,1-2H3. The average molecular weight is 230 g/mol. The third kappa shape index (κ3) is 4.78. The molecule has 1 saturated heterocycles. The van der Waals surface area contributed by atoms with E-state index in [0.717, 1.165) is 45.5 Å². The van der Waals surface area contributed by atoms with Crippen molar-refractivity contribution in [2.45, 2.75) is 44.8 Å². The van der Waals surface area contributed by atoms with E-state index in [0.29, 0.717) is 12.6 Å². The lowest BCUT2D eigenvalue weighted by molar-refractivity contribution is -0.0321. The maximum Gasteiger partial charge on any atom is 0.0741 e. The number of hydrogen-bond acceptors (Lipinski definition) is 4. The van der Waals surface area contributed by atoms with Crippen LogP contribution in [0.3, 0.4) is 0 Å². The highest BCUT2D eigenvalue weighted by Crippen LogP contribution is 2.13. The molecule has 0 saturated carbocycles. The van der Waals surface area contributed by atoms with Gasteiger partial charge in [0, 0.05) is 19.6 Å². The molecule has 2 unspecified atom stereocenters. The molecule has 0 bridgehead atoms. The van der Waals surface area contributed by atoms with Crippen LogP contribution in [0.15, 0.2) is 0 Å². The molecule has 0 aromatic heterocycles. The van der Waals surface area contributed by atoms with Crippen molar-refractivity contribution in [1.82, 2.24) is 4.90 Å². The van der Waals surface area contributed by atoms with Crippen molar-refractivity contribution in [3.8, 4) is 0 Å². The zero-order chi connectivity index (χ0) is 12.0. The summed E-state index contributed by atoms with van der Waals surface area (Å²) in [5.74, 6) is 0. The van der Waals surface area contributed by atoms with Crippen molar-refractivity contribution in [2.75, 3.05) is 32.8 Å². The van der Waals surface area contributed by atoms with E-state index in [1.54, 1.807) is 6.92 Å². The van der Waals surface area contributed by atoms with E-state index in [2.05, 4.69) is 11.8 Å². The Morgan fingerprint density at radius 3 is 2.94 bits per heavy atom. The average Bonchev–Trinajstić information content (AvgIpc) is 2.29. The topological polar surface area (TPSA) is 58.7 Å². The summed E-state index contributed by atoms with van der Waals surface area (Å²) in [6.45, 7) is 8.23. The van der Waals surface area contributed by atoms with Crippen LogP contribution in [0.4, 0.5) is 0 Å². The normalized spacial score (nSPS) is 26.6. The van der Waals surface area contributed by atoms with E-state index in [9.17, 15) is 5.11 Å². The highest BCUT2D eigenvalue weighted by atomic mass is 16.5. The number of morpholine rings is 1. The molecule has 0 amide bonds. The van der Waals surface area contributed by atoms with Crippen LogP contribution in [-0.4, -0.2) is 54.5 Å². The van der Waals surface area contributed by atoms with Gasteiger partial charge >= 0.3 is 0 Å². The zero-order valence-electron chi connectivity index (χ0n) is 10.6. The monoisotopic (exact) mass is 230 g/mol. The van der Waals surface area contributed by atoms with Crippen molar-refractivity contribution < 1.29 is 9.84 Å². The van der Waals surface area contributed by atoms with Gasteiger partial charge in [-0.25, -0.2) is 0 Å². The Labute approximate surface area is 98.8 Å². The highest BCUT2D eigenvalue weighted by molar-refractivity contribution is 4.75. The summed E-state index contributed by atoms with van der Waals surface area (Å²) in [4.78, 5) is 2.42. The van der Waals surface area contributed by atoms with Gasteiger partial charge < -0.3 is 15.6 Å². The van der Waals surface area contributed by atoms with Crippen LogP contribution in [0.1, 0.15) is 33.1 Å². The second-order valence-corrected chi connectivity index (χ2v) is 5.01. The molecule has 1 heterocycles. The predicted molar refractivity (Wildman–Crippen MR) is 65.4 cm³/mol. The molecule has 0 spiro atoms. The van der Waals surface area contributed by atoms with E-state index in [1.165, 1.54) is 0 Å². The first-order valence-electron chi connectivity index (χ1n) is 6.34. The fraction of sp³-hybridized carbons (Fsp3) is 1.00. The maximum absolute atomic E-state index is 9.78. The van der Waals surface area contributed by atoms with Crippen molar-refractivity contribution in [3.63, 3.8) is 0 Å². The van der Waals surface area contributed by atoms with Crippen LogP contribution in [0, 0.1) is 0 Å². The van der Waals surface area contributed by atoms with E-state index in [1.807, 2.05) is 0 Å². The Hall–Kier alpha value is -0.160. The molecule has 4 heteroatoms. The van der Waals surface area contributed by atoms with E-state index in [4.69, 9.17) is 10.5 Å². The summed E-state index contributed by atoms with van der Waals surface area (Å²) in [5, 5.41) is 9.78. The van der Waals surface area contributed by atoms with Crippen LogP contribution in [0.25, 0.3) is 0 Å². The fourth-order valence-electron chi connectivity index (χ4n) is 2.02. The van der Waals surface area contributed by atoms with Crippen LogP contribution >= 0.6 is 0 Å². The molecule has 1 fully saturated rings. The van der Waals surface area contributed by atoms with Crippen LogP contribution in [0.2, 0.25) is 0 Å². The molecule has 3 N–H and O–H groups in total. The first kappa shape index (κ1) is 13.9. The largest absolute Gasteiger partial charge is 0.389 e. The van der Waals surface area contributed by atoms with Gasteiger partial charge in [-0.2, -0.15) is 0 Å². The van der Waals surface area contributed by atoms with Gasteiger partial charge in [0.25, 0.3) is 0 Å². The quantitative estimate of drug-likeness (QED) is 0.701. The van der Waals surface area contributed by atoms with Gasteiger partial charge in [0.2, 0.25) is 0 Å². The SMILES string of the molecule is CCC1CN(CCCC(C)(O)CN)CCO1. The fourth-order valence-corrected chi connectivity index (χ4v) is 2.02. The maximum atomic E-state index is 9.78. The summed E-state index contributed by atoms with van der Waals surface area (Å²) >= 11 is 0. The Balaban J connectivity index is 2.17. The minimum absolute atomic E-state index is 0.341. The van der Waals surface area contributed by atoms with Crippen LogP contribution in [-0.2, 0) is 4.74 Å². The lowest BCUT2D eigenvalue weighted by Gasteiger charge is -2.33. The second-order valence-electron chi connectivity index (χ2n) is 5.01. The Kier molecular flexibility index (Phi) is 5.69. The van der Waals surface area contributed by atoms with Gasteiger partial charge in [-0.15, -0.1) is 0 Å². The number of hydrogen-bond donors (Lipinski definition) is 2. The minimum Gasteiger partial charge on any atom is -0.389 e. The Bertz CT molecular complexity index is 197. The molecule has 0 aliphatic carbocycles. The molecule has 0 radical (unpaired) electrons. The van der Waals surface area contributed by atoms with Gasteiger partial charge in [-0.3, -0.25) is 4.90 Å². The summed E-state index contributed by atoms with van der Waals surface area (Å²) in [6.07, 6.45) is 3.25. The summed E-state index contributed by atoms with van der Waals surface area (Å²) < 4.78 is 5.61. The molecule has 0 aromatic carbocycles. The molecule has 16 heavy (non-hydrogen) atoms. The third-order valence-electron chi connectivity index (χ3n) is 3.31. The number of nitrogens with two attached hydrogens (primary N) is 1. The van der Waals surface area contributed by atoms with E-state index in [-0.39, 0.29) is 0 Å². The van der Waals surface area contributed by atoms with Gasteiger partial charge in [-0.05, 0) is 32.7 Å². The molecular formula is C12H26N2O2. The Morgan fingerprint density at radius 2 is 2.31 bits per heavy atom. The van der Waals surface area contributed by atoms with Crippen molar-refractivity contribution in [3.05, 3.63) is 0 Å². The molecule has 4 nitrogen and oxygen atoms in total. The number of nitrogens with zero attached hydrogens (tertiary/aromatic N) is 1. The number of aliphatic hydroxyl groups is 1. The van der Waals surface area contributed by atoms with Crippen LogP contribution in [0.5, 0.6) is 0 Å². The molecule has 1 aliphatic rings. The molecule has 96 valence electrons. The molecule has 1 aliphatic heterocycles. The van der Waals surface area contributed by atoms with Gasteiger partial charge in [0.05, 0.1) is 18.3 Å². The molecular weight excluding hydrogens is 204 g/mol. The Morgan fingerprint density at radius 1 is 1.56 bits per heavy atom. The summed E-state index contributed by atoms with van der Waals surface area (Å²) in [7, 11) is 0. The second kappa shape index (κ2) is 6.55. The molecule has 1 rings (SSSR count). The molecule has 0 aromatic rings. The first-order valence-corrected chi connectivity index (χ1v) is 6.34. The third-order valence-corrected chi connectivity index (χ3v) is 3.31. The predicted octanol–water partition coefficient (Wildman–Crippen LogP) is 0.587. The van der Waals surface area contributed by atoms with E-state index < -0.39 is 5.60 Å². The van der Waals surface area contributed by atoms with Gasteiger partial charge in [0.15, 0.2) is 0 Å². The van der Waals surface area contributed by atoms with Crippen molar-refractivity contribution in [1.29, 1.82) is 0 Å². The smallest absolute Gasteiger partial charge is 0.0741 e. The van der Waals surface area contributed by atoms with Crippen molar-refractivity contribution >= 4 is 0 Å². The minimum atomic E-state index is -0.698. The number of ether oxygens (including phenoxy) is 1. The van der Waals surface area contributed by atoms with Crippen LogP contribution < -0.4 is 5.73 Å². The zero-order valence-corrected chi connectivity index (χ0v) is 10.6. The number of rotatable bonds is 6. The highest BCUT2D eigenvalue weighted by Gasteiger charge is 2.21. The van der Waals surface area contributed by atoms with E-state index >= 15 is 0 Å². The van der Waals surface area contributed by atoms with Gasteiger partial charge in [0.1, 0.15) is 0 Å².